The van der Waals surface area contributed by atoms with Crippen LogP contribution in [0.3, 0.4) is 0 Å². The molecule has 0 bridgehead atoms. The third-order valence-corrected chi connectivity index (χ3v) is 2.87. The topological polar surface area (TPSA) is 29.5 Å². The van der Waals surface area contributed by atoms with Crippen molar-refractivity contribution in [3.8, 4) is 5.75 Å². The first-order valence-electron chi connectivity index (χ1n) is 4.50. The number of para-hydroxylation sites is 1. The summed E-state index contributed by atoms with van der Waals surface area (Å²) in [6, 6.07) is 4.67. The second kappa shape index (κ2) is 5.22. The molecule has 0 heterocycles. The Hall–Kier alpha value is -0.500. The van der Waals surface area contributed by atoms with E-state index in [1.54, 1.807) is 35.6 Å². The Balaban J connectivity index is 3.13. The average molecular weight is 346 g/mol. The monoisotopic (exact) mass is 346 g/mol. The van der Waals surface area contributed by atoms with Crippen LogP contribution in [0.1, 0.15) is 18.4 Å². The molecule has 1 aromatic rings. The zero-order chi connectivity index (χ0) is 12.3. The van der Waals surface area contributed by atoms with Gasteiger partial charge in [-0.1, -0.05) is 19.1 Å². The van der Waals surface area contributed by atoms with Gasteiger partial charge in [-0.05, 0) is 28.7 Å². The van der Waals surface area contributed by atoms with E-state index in [0.717, 1.165) is 0 Å². The maximum Gasteiger partial charge on any atom is 0.573 e. The number of hydrogen-bond donors (Lipinski definition) is 1. The van der Waals surface area contributed by atoms with Crippen LogP contribution in [0, 0.1) is 3.57 Å². The van der Waals surface area contributed by atoms with Crippen molar-refractivity contribution in [3.05, 3.63) is 27.3 Å². The fourth-order valence-electron chi connectivity index (χ4n) is 1.24. The lowest BCUT2D eigenvalue weighted by Crippen LogP contribution is -2.19. The molecule has 6 heteroatoms. The molecular formula is C10H10F3IO2. The van der Waals surface area contributed by atoms with Crippen LogP contribution in [0.25, 0.3) is 0 Å². The molecule has 0 saturated carbocycles. The van der Waals surface area contributed by atoms with Crippen molar-refractivity contribution in [3.63, 3.8) is 0 Å². The molecule has 1 unspecified atom stereocenters. The number of halogens is 4. The van der Waals surface area contributed by atoms with Crippen LogP contribution < -0.4 is 4.74 Å². The second-order valence-electron chi connectivity index (χ2n) is 3.29. The first kappa shape index (κ1) is 13.6. The molecule has 0 fully saturated rings. The van der Waals surface area contributed by atoms with E-state index in [9.17, 15) is 13.2 Å². The van der Waals surface area contributed by atoms with Gasteiger partial charge in [0.15, 0.2) is 0 Å². The standard InChI is InChI=1S/C10H10F3IO2/c1-6(5-15)7-3-2-4-8(14)9(7)16-10(11,12)13/h2-4,6,15H,5H2,1H3. The maximum absolute atomic E-state index is 12.2. The first-order chi connectivity index (χ1) is 7.35. The van der Waals surface area contributed by atoms with E-state index in [0.29, 0.717) is 9.13 Å². The summed E-state index contributed by atoms with van der Waals surface area (Å²) in [7, 11) is 0. The summed E-state index contributed by atoms with van der Waals surface area (Å²) < 4.78 is 40.9. The average Bonchev–Trinajstić information content (AvgIpc) is 2.18. The third kappa shape index (κ3) is 3.51. The minimum absolute atomic E-state index is 0.225. The van der Waals surface area contributed by atoms with E-state index in [2.05, 4.69) is 4.74 Å². The molecule has 90 valence electrons. The van der Waals surface area contributed by atoms with Crippen molar-refractivity contribution in [1.82, 2.24) is 0 Å². The van der Waals surface area contributed by atoms with Crippen molar-refractivity contribution in [2.75, 3.05) is 6.61 Å². The van der Waals surface area contributed by atoms with Gasteiger partial charge in [-0.3, -0.25) is 0 Å². The molecule has 16 heavy (non-hydrogen) atoms. The molecule has 0 aromatic heterocycles. The molecule has 1 aromatic carbocycles. The Kier molecular flexibility index (Phi) is 4.43. The highest BCUT2D eigenvalue weighted by Crippen LogP contribution is 2.34. The van der Waals surface area contributed by atoms with E-state index in [1.165, 1.54) is 12.1 Å². The van der Waals surface area contributed by atoms with Crippen LogP contribution in [0.2, 0.25) is 0 Å². The Labute approximate surface area is 105 Å². The molecule has 1 N–H and O–H groups in total. The lowest BCUT2D eigenvalue weighted by Gasteiger charge is -2.17. The highest BCUT2D eigenvalue weighted by atomic mass is 127. The molecule has 1 atom stereocenters. The van der Waals surface area contributed by atoms with E-state index >= 15 is 0 Å². The van der Waals surface area contributed by atoms with Crippen molar-refractivity contribution in [2.24, 2.45) is 0 Å². The molecular weight excluding hydrogens is 336 g/mol. The quantitative estimate of drug-likeness (QED) is 0.852. The smallest absolute Gasteiger partial charge is 0.404 e. The lowest BCUT2D eigenvalue weighted by atomic mass is 10.0. The molecule has 0 aliphatic rings. The molecule has 0 saturated heterocycles. The predicted octanol–water partition coefficient (Wildman–Crippen LogP) is 3.29. The minimum Gasteiger partial charge on any atom is -0.404 e. The number of hydrogen-bond acceptors (Lipinski definition) is 2. The zero-order valence-corrected chi connectivity index (χ0v) is 10.5. The van der Waals surface area contributed by atoms with Crippen LogP contribution >= 0.6 is 22.6 Å². The largest absolute Gasteiger partial charge is 0.573 e. The summed E-state index contributed by atoms with van der Waals surface area (Å²) in [5.41, 5.74) is 0.353. The van der Waals surface area contributed by atoms with Gasteiger partial charge < -0.3 is 9.84 Å². The molecule has 0 aliphatic carbocycles. The van der Waals surface area contributed by atoms with Crippen LogP contribution in [-0.4, -0.2) is 18.1 Å². The summed E-state index contributed by atoms with van der Waals surface area (Å²) in [6.07, 6.45) is -4.72. The third-order valence-electron chi connectivity index (χ3n) is 2.02. The Morgan fingerprint density at radius 2 is 2.06 bits per heavy atom. The highest BCUT2D eigenvalue weighted by molar-refractivity contribution is 14.1. The molecule has 0 spiro atoms. The van der Waals surface area contributed by atoms with Gasteiger partial charge in [0.05, 0.1) is 3.57 Å². The first-order valence-corrected chi connectivity index (χ1v) is 5.58. The number of benzene rings is 1. The van der Waals surface area contributed by atoms with Gasteiger partial charge in [0, 0.05) is 18.1 Å². The normalized spacial score (nSPS) is 13.6. The number of ether oxygens (including phenoxy) is 1. The number of rotatable bonds is 3. The number of aliphatic hydroxyl groups is 1. The number of alkyl halides is 3. The summed E-state index contributed by atoms with van der Waals surface area (Å²) in [4.78, 5) is 0. The molecule has 0 radical (unpaired) electrons. The highest BCUT2D eigenvalue weighted by Gasteiger charge is 2.33. The second-order valence-corrected chi connectivity index (χ2v) is 4.45. The maximum atomic E-state index is 12.2. The van der Waals surface area contributed by atoms with Crippen LogP contribution in [0.15, 0.2) is 18.2 Å². The predicted molar refractivity (Wildman–Crippen MR) is 61.3 cm³/mol. The van der Waals surface area contributed by atoms with Crippen LogP contribution in [-0.2, 0) is 0 Å². The van der Waals surface area contributed by atoms with E-state index < -0.39 is 12.3 Å². The lowest BCUT2D eigenvalue weighted by molar-refractivity contribution is -0.275. The fourth-order valence-corrected chi connectivity index (χ4v) is 1.86. The van der Waals surface area contributed by atoms with E-state index in [1.807, 2.05) is 0 Å². The zero-order valence-electron chi connectivity index (χ0n) is 8.38. The van der Waals surface area contributed by atoms with Crippen molar-refractivity contribution in [1.29, 1.82) is 0 Å². The van der Waals surface area contributed by atoms with Gasteiger partial charge >= 0.3 is 6.36 Å². The molecule has 0 amide bonds. The summed E-state index contributed by atoms with van der Waals surface area (Å²) in [6.45, 7) is 1.41. The van der Waals surface area contributed by atoms with Crippen molar-refractivity contribution >= 4 is 22.6 Å². The van der Waals surface area contributed by atoms with Crippen LogP contribution in [0.5, 0.6) is 5.75 Å². The Morgan fingerprint density at radius 3 is 2.56 bits per heavy atom. The Morgan fingerprint density at radius 1 is 1.44 bits per heavy atom. The summed E-state index contributed by atoms with van der Waals surface area (Å²) >= 11 is 1.77. The summed E-state index contributed by atoms with van der Waals surface area (Å²) in [5.74, 6) is -0.621. The van der Waals surface area contributed by atoms with Gasteiger partial charge in [-0.15, -0.1) is 13.2 Å². The summed E-state index contributed by atoms with van der Waals surface area (Å²) in [5, 5.41) is 8.96. The van der Waals surface area contributed by atoms with E-state index in [4.69, 9.17) is 5.11 Å². The Bertz CT molecular complexity index is 366. The number of aliphatic hydroxyl groups excluding tert-OH is 1. The minimum atomic E-state index is -4.72. The van der Waals surface area contributed by atoms with Crippen molar-refractivity contribution < 1.29 is 23.0 Å². The van der Waals surface area contributed by atoms with Gasteiger partial charge in [0.25, 0.3) is 0 Å². The van der Waals surface area contributed by atoms with Crippen molar-refractivity contribution in [2.45, 2.75) is 19.2 Å². The molecule has 1 rings (SSSR count). The molecule has 2 nitrogen and oxygen atoms in total. The fraction of sp³-hybridized carbons (Fsp3) is 0.400. The van der Waals surface area contributed by atoms with Gasteiger partial charge in [0.1, 0.15) is 5.75 Å². The van der Waals surface area contributed by atoms with Gasteiger partial charge in [0.2, 0.25) is 0 Å². The van der Waals surface area contributed by atoms with Gasteiger partial charge in [-0.25, -0.2) is 0 Å². The SMILES string of the molecule is CC(CO)c1cccc(I)c1OC(F)(F)F. The molecule has 0 aliphatic heterocycles. The van der Waals surface area contributed by atoms with E-state index in [-0.39, 0.29) is 12.4 Å². The van der Waals surface area contributed by atoms with Crippen LogP contribution in [0.4, 0.5) is 13.2 Å². The van der Waals surface area contributed by atoms with Gasteiger partial charge in [-0.2, -0.15) is 0 Å².